The van der Waals surface area contributed by atoms with Gasteiger partial charge < -0.3 is 9.47 Å². The lowest BCUT2D eigenvalue weighted by Crippen LogP contribution is -2.37. The van der Waals surface area contributed by atoms with E-state index in [-0.39, 0.29) is 35.0 Å². The van der Waals surface area contributed by atoms with Gasteiger partial charge in [-0.25, -0.2) is 8.42 Å². The van der Waals surface area contributed by atoms with Gasteiger partial charge in [0.1, 0.15) is 6.54 Å². The fourth-order valence-electron chi connectivity index (χ4n) is 4.74. The minimum Gasteiger partial charge on any atom is -0.341 e. The van der Waals surface area contributed by atoms with Gasteiger partial charge in [-0.2, -0.15) is 0 Å². The number of hydrogen-bond donors (Lipinski definition) is 0. The highest BCUT2D eigenvalue weighted by atomic mass is 32.2. The molecule has 0 radical (unpaired) electrons. The van der Waals surface area contributed by atoms with E-state index >= 15 is 0 Å². The summed E-state index contributed by atoms with van der Waals surface area (Å²) in [7, 11) is -3.84. The van der Waals surface area contributed by atoms with Crippen LogP contribution >= 0.6 is 0 Å². The van der Waals surface area contributed by atoms with Crippen molar-refractivity contribution in [2.45, 2.75) is 30.7 Å². The van der Waals surface area contributed by atoms with Crippen molar-refractivity contribution >= 4 is 38.5 Å². The lowest BCUT2D eigenvalue weighted by Gasteiger charge is -2.27. The van der Waals surface area contributed by atoms with E-state index in [1.165, 1.54) is 6.20 Å². The maximum atomic E-state index is 13.3. The Balaban J connectivity index is 1.39. The first-order chi connectivity index (χ1) is 16.4. The predicted molar refractivity (Wildman–Crippen MR) is 126 cm³/mol. The van der Waals surface area contributed by atoms with E-state index in [9.17, 15) is 22.8 Å². The molecule has 2 aliphatic heterocycles. The molecule has 5 rings (SSSR count). The molecular formula is C25H25N3O5S. The third-order valence-electron chi connectivity index (χ3n) is 6.56. The summed E-state index contributed by atoms with van der Waals surface area (Å²) >= 11 is 0. The number of nitrogens with zero attached hydrogens (tertiary/aromatic N) is 3. The summed E-state index contributed by atoms with van der Waals surface area (Å²) in [6.07, 6.45) is 4.58. The number of fused-ring (bicyclic) bond motifs is 2. The summed E-state index contributed by atoms with van der Waals surface area (Å²) in [5.74, 6) is -1.39. The van der Waals surface area contributed by atoms with Crippen LogP contribution in [0.3, 0.4) is 0 Å². The number of carbonyl (C=O) groups is 3. The molecule has 0 N–H and O–H groups in total. The first-order valence-electron chi connectivity index (χ1n) is 11.4. The van der Waals surface area contributed by atoms with Crippen molar-refractivity contribution in [2.24, 2.45) is 0 Å². The summed E-state index contributed by atoms with van der Waals surface area (Å²) < 4.78 is 28.3. The lowest BCUT2D eigenvalue weighted by atomic mass is 10.1. The molecule has 9 heteroatoms. The van der Waals surface area contributed by atoms with Gasteiger partial charge in [-0.3, -0.25) is 19.3 Å². The predicted octanol–water partition coefficient (Wildman–Crippen LogP) is 2.72. The van der Waals surface area contributed by atoms with E-state index in [2.05, 4.69) is 0 Å². The van der Waals surface area contributed by atoms with Crippen molar-refractivity contribution in [1.82, 2.24) is 14.4 Å². The van der Waals surface area contributed by atoms with Crippen molar-refractivity contribution in [1.29, 1.82) is 0 Å². The van der Waals surface area contributed by atoms with Gasteiger partial charge in [0, 0.05) is 36.7 Å². The van der Waals surface area contributed by atoms with Gasteiger partial charge in [0.2, 0.25) is 5.91 Å². The van der Waals surface area contributed by atoms with E-state index < -0.39 is 27.4 Å². The van der Waals surface area contributed by atoms with Crippen LogP contribution in [0.1, 0.15) is 40.0 Å². The molecular weight excluding hydrogens is 454 g/mol. The first-order valence-corrected chi connectivity index (χ1v) is 13.1. The topological polar surface area (TPSA) is 96.8 Å². The minimum absolute atomic E-state index is 0.0320. The van der Waals surface area contributed by atoms with Crippen LogP contribution in [0.15, 0.2) is 59.6 Å². The number of hydrogen-bond acceptors (Lipinski definition) is 5. The summed E-state index contributed by atoms with van der Waals surface area (Å²) in [5, 5.41) is 0.524. The number of benzene rings is 2. The second-order valence-electron chi connectivity index (χ2n) is 8.71. The second kappa shape index (κ2) is 8.72. The average molecular weight is 480 g/mol. The van der Waals surface area contributed by atoms with Gasteiger partial charge >= 0.3 is 0 Å². The average Bonchev–Trinajstić information content (AvgIpc) is 3.34. The molecule has 0 saturated carbocycles. The molecule has 0 unspecified atom stereocenters. The molecule has 176 valence electrons. The van der Waals surface area contributed by atoms with Crippen molar-refractivity contribution in [3.63, 3.8) is 0 Å². The van der Waals surface area contributed by atoms with E-state index in [1.54, 1.807) is 53.1 Å². The van der Waals surface area contributed by atoms with Crippen LogP contribution in [-0.4, -0.2) is 65.9 Å². The maximum Gasteiger partial charge on any atom is 0.261 e. The molecule has 2 aliphatic rings. The summed E-state index contributed by atoms with van der Waals surface area (Å²) in [6, 6.07) is 13.5. The molecule has 34 heavy (non-hydrogen) atoms. The van der Waals surface area contributed by atoms with E-state index in [4.69, 9.17) is 0 Å². The first kappa shape index (κ1) is 22.3. The second-order valence-corrected chi connectivity index (χ2v) is 10.8. The number of para-hydroxylation sites is 1. The highest BCUT2D eigenvalue weighted by molar-refractivity contribution is 7.91. The highest BCUT2D eigenvalue weighted by Gasteiger charge is 2.36. The van der Waals surface area contributed by atoms with Gasteiger partial charge in [-0.05, 0) is 37.5 Å². The van der Waals surface area contributed by atoms with Crippen LogP contribution in [0.4, 0.5) is 0 Å². The number of aromatic nitrogens is 1. The van der Waals surface area contributed by atoms with Crippen molar-refractivity contribution in [3.05, 3.63) is 65.9 Å². The molecule has 1 aromatic heterocycles. The van der Waals surface area contributed by atoms with Crippen LogP contribution in [0.2, 0.25) is 0 Å². The quantitative estimate of drug-likeness (QED) is 0.507. The molecule has 0 bridgehead atoms. The Morgan fingerprint density at radius 3 is 2.15 bits per heavy atom. The van der Waals surface area contributed by atoms with Gasteiger partial charge in [-0.15, -0.1) is 0 Å². The fraction of sp³-hybridized carbons (Fsp3) is 0.320. The van der Waals surface area contributed by atoms with Crippen molar-refractivity contribution in [3.8, 4) is 0 Å². The summed E-state index contributed by atoms with van der Waals surface area (Å²) in [5.41, 5.74) is 1.24. The zero-order valence-electron chi connectivity index (χ0n) is 18.6. The van der Waals surface area contributed by atoms with Gasteiger partial charge in [-0.1, -0.05) is 30.3 Å². The van der Waals surface area contributed by atoms with Crippen molar-refractivity contribution < 1.29 is 22.8 Å². The zero-order chi connectivity index (χ0) is 23.9. The Morgan fingerprint density at radius 1 is 0.853 bits per heavy atom. The molecule has 1 saturated heterocycles. The smallest absolute Gasteiger partial charge is 0.261 e. The fourth-order valence-corrected chi connectivity index (χ4v) is 6.18. The molecule has 3 amide bonds. The zero-order valence-corrected chi connectivity index (χ0v) is 19.5. The number of rotatable bonds is 6. The van der Waals surface area contributed by atoms with Gasteiger partial charge in [0.05, 0.1) is 21.8 Å². The van der Waals surface area contributed by atoms with Gasteiger partial charge in [0.15, 0.2) is 9.84 Å². The number of sulfone groups is 1. The Bertz CT molecular complexity index is 1370. The molecule has 3 heterocycles. The Kier molecular flexibility index (Phi) is 5.73. The minimum atomic E-state index is -3.84. The Morgan fingerprint density at radius 2 is 1.47 bits per heavy atom. The molecule has 8 nitrogen and oxygen atoms in total. The third kappa shape index (κ3) is 3.90. The number of amides is 3. The molecule has 2 aromatic carbocycles. The lowest BCUT2D eigenvalue weighted by molar-refractivity contribution is -0.132. The van der Waals surface area contributed by atoms with Crippen LogP contribution in [0.5, 0.6) is 0 Å². The molecule has 1 fully saturated rings. The Hall–Kier alpha value is -3.46. The van der Waals surface area contributed by atoms with Crippen LogP contribution in [0, 0.1) is 0 Å². The van der Waals surface area contributed by atoms with Crippen molar-refractivity contribution in [2.75, 3.05) is 25.4 Å². The van der Waals surface area contributed by atoms with Crippen LogP contribution in [-0.2, 0) is 21.2 Å². The van der Waals surface area contributed by atoms with Gasteiger partial charge in [0.25, 0.3) is 11.8 Å². The monoisotopic (exact) mass is 479 g/mol. The number of likely N-dealkylation sites (tertiary alicyclic amines) is 1. The van der Waals surface area contributed by atoms with E-state index in [1.807, 2.05) is 4.90 Å². The normalized spacial score (nSPS) is 16.4. The van der Waals surface area contributed by atoms with Crippen LogP contribution < -0.4 is 0 Å². The van der Waals surface area contributed by atoms with E-state index in [0.29, 0.717) is 10.9 Å². The molecule has 0 spiro atoms. The number of piperidine rings is 1. The molecule has 0 aliphatic carbocycles. The van der Waals surface area contributed by atoms with Crippen LogP contribution in [0.25, 0.3) is 10.9 Å². The SMILES string of the molecule is O=C(Cn1cc(S(=O)(=O)CCN2C(=O)c3ccccc3C2=O)c2ccccc21)N1CCCCC1. The highest BCUT2D eigenvalue weighted by Crippen LogP contribution is 2.28. The summed E-state index contributed by atoms with van der Waals surface area (Å²) in [4.78, 5) is 41.0. The molecule has 3 aromatic rings. The third-order valence-corrected chi connectivity index (χ3v) is 8.28. The number of carbonyl (C=O) groups excluding carboxylic acids is 3. The van der Waals surface area contributed by atoms with E-state index in [0.717, 1.165) is 37.3 Å². The standard InChI is InChI=1S/C25H25N3O5S/c29-23(26-12-6-1-7-13-26)17-27-16-22(20-10-4-5-11-21(20)27)34(32,33)15-14-28-24(30)18-8-2-3-9-19(18)25(28)31/h2-5,8-11,16H,1,6-7,12-15,17H2. The molecule has 0 atom stereocenters. The largest absolute Gasteiger partial charge is 0.341 e. The summed E-state index contributed by atoms with van der Waals surface area (Å²) in [6.45, 7) is 1.28. The Labute approximate surface area is 197 Å². The number of imide groups is 1. The maximum absolute atomic E-state index is 13.3.